The molecule has 0 bridgehead atoms. The zero-order valence-corrected chi connectivity index (χ0v) is 12.2. The minimum atomic E-state index is -0.385. The molecule has 0 saturated heterocycles. The first-order chi connectivity index (χ1) is 10.2. The summed E-state index contributed by atoms with van der Waals surface area (Å²) in [4.78, 5) is 11.5. The lowest BCUT2D eigenvalue weighted by Gasteiger charge is -2.24. The molecule has 1 saturated carbocycles. The molecule has 0 radical (unpaired) electrons. The van der Waals surface area contributed by atoms with Crippen LogP contribution in [0.15, 0.2) is 17.0 Å². The molecule has 2 heterocycles. The van der Waals surface area contributed by atoms with E-state index in [-0.39, 0.29) is 11.6 Å². The van der Waals surface area contributed by atoms with Crippen molar-refractivity contribution in [2.24, 2.45) is 5.73 Å². The molecule has 21 heavy (non-hydrogen) atoms. The van der Waals surface area contributed by atoms with Crippen molar-refractivity contribution in [2.45, 2.75) is 50.7 Å². The number of nitrogens with zero attached hydrogens (tertiary/aromatic N) is 3. The number of hydrogen-bond acceptors (Lipinski definition) is 6. The Labute approximate surface area is 123 Å². The van der Waals surface area contributed by atoms with Gasteiger partial charge in [0.2, 0.25) is 11.7 Å². The highest BCUT2D eigenvalue weighted by molar-refractivity contribution is 5.07. The molecule has 1 atom stereocenters. The number of nitrogens with one attached hydrogen (secondary N) is 1. The lowest BCUT2D eigenvalue weighted by Crippen LogP contribution is -2.28. The molecule has 1 aliphatic rings. The summed E-state index contributed by atoms with van der Waals surface area (Å²) < 4.78 is 11.3. The Kier molecular flexibility index (Phi) is 4.03. The number of aromatic amines is 1. The first-order valence-electron chi connectivity index (χ1n) is 7.44. The van der Waals surface area contributed by atoms with Gasteiger partial charge >= 0.3 is 0 Å². The van der Waals surface area contributed by atoms with Crippen LogP contribution < -0.4 is 5.73 Å². The molecule has 0 amide bonds. The summed E-state index contributed by atoms with van der Waals surface area (Å²) in [6.07, 6.45) is 8.10. The number of imidazole rings is 1. The van der Waals surface area contributed by atoms with E-state index in [1.54, 1.807) is 12.5 Å². The minimum absolute atomic E-state index is 0.341. The van der Waals surface area contributed by atoms with E-state index in [2.05, 4.69) is 20.1 Å². The standard InChI is InChI=1S/C14H21N5O2/c1-2-20-14(5-3-4-6-14)13-18-12(21-19-13)11(15)7-10-8-16-9-17-10/h8-9,11H,2-7,15H2,1H3,(H,16,17)/t11-/m0/s1. The fourth-order valence-electron chi connectivity index (χ4n) is 2.95. The summed E-state index contributed by atoms with van der Waals surface area (Å²) in [5.74, 6) is 1.09. The van der Waals surface area contributed by atoms with Gasteiger partial charge in [0.15, 0.2) is 0 Å². The van der Waals surface area contributed by atoms with Crippen molar-refractivity contribution in [1.29, 1.82) is 0 Å². The summed E-state index contributed by atoms with van der Waals surface area (Å²) in [6, 6.07) is -0.341. The molecular formula is C14H21N5O2. The number of aromatic nitrogens is 4. The van der Waals surface area contributed by atoms with Gasteiger partial charge in [-0.2, -0.15) is 4.98 Å². The number of nitrogens with two attached hydrogens (primary N) is 1. The van der Waals surface area contributed by atoms with Gasteiger partial charge in [-0.15, -0.1) is 0 Å². The molecule has 1 aliphatic carbocycles. The molecule has 3 rings (SSSR count). The summed E-state index contributed by atoms with van der Waals surface area (Å²) in [5, 5.41) is 4.12. The molecule has 0 aliphatic heterocycles. The van der Waals surface area contributed by atoms with Crippen molar-refractivity contribution in [3.8, 4) is 0 Å². The van der Waals surface area contributed by atoms with E-state index >= 15 is 0 Å². The smallest absolute Gasteiger partial charge is 0.244 e. The second-order valence-corrected chi connectivity index (χ2v) is 5.48. The van der Waals surface area contributed by atoms with E-state index in [1.807, 2.05) is 6.92 Å². The monoisotopic (exact) mass is 291 g/mol. The van der Waals surface area contributed by atoms with Gasteiger partial charge in [-0.3, -0.25) is 0 Å². The third-order valence-corrected chi connectivity index (χ3v) is 3.99. The number of rotatable bonds is 6. The maximum Gasteiger partial charge on any atom is 0.244 e. The molecule has 0 unspecified atom stereocenters. The van der Waals surface area contributed by atoms with Crippen LogP contribution in [0.3, 0.4) is 0 Å². The third-order valence-electron chi connectivity index (χ3n) is 3.99. The van der Waals surface area contributed by atoms with Crippen LogP contribution >= 0.6 is 0 Å². The lowest BCUT2D eigenvalue weighted by atomic mass is 10.0. The molecule has 7 heteroatoms. The SMILES string of the molecule is CCOC1(c2noc([C@@H](N)Cc3cnc[nH]3)n2)CCCC1. The highest BCUT2D eigenvalue weighted by Crippen LogP contribution is 2.40. The minimum Gasteiger partial charge on any atom is -0.367 e. The van der Waals surface area contributed by atoms with Crippen molar-refractivity contribution in [3.05, 3.63) is 29.9 Å². The van der Waals surface area contributed by atoms with Crippen molar-refractivity contribution in [2.75, 3.05) is 6.61 Å². The van der Waals surface area contributed by atoms with Crippen LogP contribution in [-0.2, 0) is 16.8 Å². The lowest BCUT2D eigenvalue weighted by molar-refractivity contribution is -0.0469. The van der Waals surface area contributed by atoms with Gasteiger partial charge in [-0.25, -0.2) is 4.98 Å². The highest BCUT2D eigenvalue weighted by Gasteiger charge is 2.41. The second-order valence-electron chi connectivity index (χ2n) is 5.48. The largest absolute Gasteiger partial charge is 0.367 e. The van der Waals surface area contributed by atoms with Gasteiger partial charge in [-0.05, 0) is 32.6 Å². The Balaban J connectivity index is 1.75. The predicted octanol–water partition coefficient (Wildman–Crippen LogP) is 1.84. The Bertz CT molecular complexity index is 560. The molecule has 0 aromatic carbocycles. The highest BCUT2D eigenvalue weighted by atomic mass is 16.5. The average molecular weight is 291 g/mol. The second kappa shape index (κ2) is 5.95. The van der Waals surface area contributed by atoms with E-state index in [0.717, 1.165) is 31.4 Å². The van der Waals surface area contributed by atoms with Crippen LogP contribution in [0, 0.1) is 0 Å². The molecule has 1 fully saturated rings. The predicted molar refractivity (Wildman–Crippen MR) is 75.3 cm³/mol. The Morgan fingerprint density at radius 3 is 2.95 bits per heavy atom. The quantitative estimate of drug-likeness (QED) is 0.841. The fraction of sp³-hybridized carbons (Fsp3) is 0.643. The van der Waals surface area contributed by atoms with Crippen LogP contribution in [0.5, 0.6) is 0 Å². The van der Waals surface area contributed by atoms with Crippen LogP contribution in [0.1, 0.15) is 56.1 Å². The van der Waals surface area contributed by atoms with Crippen molar-refractivity contribution >= 4 is 0 Å². The van der Waals surface area contributed by atoms with E-state index in [1.165, 1.54) is 0 Å². The van der Waals surface area contributed by atoms with Crippen LogP contribution in [0.25, 0.3) is 0 Å². The Hall–Kier alpha value is -1.73. The molecule has 0 spiro atoms. The third kappa shape index (κ3) is 2.84. The maximum absolute atomic E-state index is 6.13. The van der Waals surface area contributed by atoms with Gasteiger partial charge in [-0.1, -0.05) is 5.16 Å². The molecule has 7 nitrogen and oxygen atoms in total. The number of H-pyrrole nitrogens is 1. The van der Waals surface area contributed by atoms with Crippen LogP contribution in [0.4, 0.5) is 0 Å². The van der Waals surface area contributed by atoms with Gasteiger partial charge in [0.25, 0.3) is 0 Å². The van der Waals surface area contributed by atoms with Crippen LogP contribution in [-0.4, -0.2) is 26.7 Å². The number of ether oxygens (including phenoxy) is 1. The first kappa shape index (κ1) is 14.2. The molecule has 3 N–H and O–H groups in total. The molecule has 114 valence electrons. The van der Waals surface area contributed by atoms with E-state index in [0.29, 0.717) is 24.7 Å². The molecule has 2 aromatic rings. The first-order valence-corrected chi connectivity index (χ1v) is 7.44. The fourth-order valence-corrected chi connectivity index (χ4v) is 2.95. The zero-order chi connectivity index (χ0) is 14.7. The van der Waals surface area contributed by atoms with Crippen LogP contribution in [0.2, 0.25) is 0 Å². The van der Waals surface area contributed by atoms with E-state index in [4.69, 9.17) is 15.0 Å². The average Bonchev–Trinajstić information content (AvgIpc) is 3.20. The van der Waals surface area contributed by atoms with E-state index < -0.39 is 0 Å². The normalized spacial score (nSPS) is 19.0. The summed E-state index contributed by atoms with van der Waals surface area (Å²) in [5.41, 5.74) is 6.69. The van der Waals surface area contributed by atoms with Gasteiger partial charge in [0, 0.05) is 24.9 Å². The van der Waals surface area contributed by atoms with Gasteiger partial charge in [0.05, 0.1) is 12.4 Å². The molecular weight excluding hydrogens is 270 g/mol. The molecule has 2 aromatic heterocycles. The van der Waals surface area contributed by atoms with E-state index in [9.17, 15) is 0 Å². The maximum atomic E-state index is 6.13. The summed E-state index contributed by atoms with van der Waals surface area (Å²) in [7, 11) is 0. The Morgan fingerprint density at radius 1 is 1.48 bits per heavy atom. The summed E-state index contributed by atoms with van der Waals surface area (Å²) in [6.45, 7) is 2.63. The zero-order valence-electron chi connectivity index (χ0n) is 12.2. The van der Waals surface area contributed by atoms with Crippen molar-refractivity contribution in [1.82, 2.24) is 20.1 Å². The van der Waals surface area contributed by atoms with Gasteiger partial charge < -0.3 is 20.0 Å². The van der Waals surface area contributed by atoms with Crippen molar-refractivity contribution in [3.63, 3.8) is 0 Å². The number of hydrogen-bond donors (Lipinski definition) is 2. The topological polar surface area (TPSA) is 103 Å². The summed E-state index contributed by atoms with van der Waals surface area (Å²) >= 11 is 0. The van der Waals surface area contributed by atoms with Gasteiger partial charge in [0.1, 0.15) is 5.60 Å². The Morgan fingerprint density at radius 2 is 2.29 bits per heavy atom. The van der Waals surface area contributed by atoms with Crippen molar-refractivity contribution < 1.29 is 9.26 Å².